The van der Waals surface area contributed by atoms with Crippen LogP contribution in [0.3, 0.4) is 0 Å². The minimum absolute atomic E-state index is 0. The number of halogens is 2. The molecule has 4 nitrogen and oxygen atoms in total. The number of benzene rings is 1. The van der Waals surface area contributed by atoms with E-state index in [1.54, 1.807) is 12.1 Å². The Hall–Kier alpha value is -0.790. The predicted molar refractivity (Wildman–Crippen MR) is 69.9 cm³/mol. The zero-order valence-electron chi connectivity index (χ0n) is 9.56. The third-order valence-corrected chi connectivity index (χ3v) is 3.50. The lowest BCUT2D eigenvalue weighted by Gasteiger charge is -1.98. The summed E-state index contributed by atoms with van der Waals surface area (Å²) < 4.78 is 2.42. The number of aryl methyl sites for hydroxylation is 1. The Morgan fingerprint density at radius 1 is 1.56 bits per heavy atom. The first-order valence-electron chi connectivity index (χ1n) is 4.98. The highest BCUT2D eigenvalue weighted by molar-refractivity contribution is 9.10. The summed E-state index contributed by atoms with van der Waals surface area (Å²) in [4.78, 5) is 12.0. The minimum Gasteiger partial charge on any atom is -1.00 e. The number of Topliss-reactive ketones (excluding diaryl/α,β-unsaturated/α-hetero) is 1. The van der Waals surface area contributed by atoms with Crippen molar-refractivity contribution < 1.29 is 26.5 Å². The molecule has 0 atom stereocenters. The number of anilines is 1. The monoisotopic (exact) mass is 391 g/mol. The van der Waals surface area contributed by atoms with Crippen molar-refractivity contribution in [1.29, 1.82) is 0 Å². The number of nitrogens with zero attached hydrogens (tertiary/aromatic N) is 2. The second-order valence-corrected chi connectivity index (χ2v) is 5.68. The molecule has 0 aliphatic heterocycles. The molecule has 1 aromatic carbocycles. The standard InChI is InChI=1S/C11H10BrN3OS.BrH/c1-7-14-15(11(13)17-7)6-10(16)8-3-2-4-9(12)5-8;/h2-5,13H,6H2,1H3;1H. The van der Waals surface area contributed by atoms with Crippen molar-refractivity contribution >= 4 is 38.2 Å². The fourth-order valence-electron chi connectivity index (χ4n) is 1.45. The van der Waals surface area contributed by atoms with E-state index < -0.39 is 0 Å². The lowest BCUT2D eigenvalue weighted by Crippen LogP contribution is -3.00. The average molecular weight is 393 g/mol. The smallest absolute Gasteiger partial charge is 0.354 e. The van der Waals surface area contributed by atoms with E-state index in [1.807, 2.05) is 19.1 Å². The van der Waals surface area contributed by atoms with Gasteiger partial charge in [0.1, 0.15) is 5.01 Å². The topological polar surface area (TPSA) is 59.9 Å². The SMILES string of the molecule is Cc1n[n+](CC(=O)c2cccc(Br)c2)c(N)s1.[Br-]. The summed E-state index contributed by atoms with van der Waals surface area (Å²) in [5.74, 6) is -0.00620. The average Bonchev–Trinajstić information content (AvgIpc) is 2.57. The van der Waals surface area contributed by atoms with Gasteiger partial charge in [0.2, 0.25) is 5.78 Å². The summed E-state index contributed by atoms with van der Waals surface area (Å²) in [6.07, 6.45) is 0. The van der Waals surface area contributed by atoms with Crippen LogP contribution in [0.5, 0.6) is 0 Å². The van der Waals surface area contributed by atoms with Crippen LogP contribution in [-0.4, -0.2) is 10.9 Å². The van der Waals surface area contributed by atoms with E-state index in [9.17, 15) is 4.79 Å². The van der Waals surface area contributed by atoms with E-state index >= 15 is 0 Å². The van der Waals surface area contributed by atoms with Gasteiger partial charge in [0.25, 0.3) is 0 Å². The van der Waals surface area contributed by atoms with Gasteiger partial charge in [0.05, 0.1) is 0 Å². The van der Waals surface area contributed by atoms with Crippen LogP contribution in [0.15, 0.2) is 28.7 Å². The van der Waals surface area contributed by atoms with Crippen molar-refractivity contribution in [1.82, 2.24) is 5.10 Å². The fourth-order valence-corrected chi connectivity index (χ4v) is 2.50. The molecule has 0 radical (unpaired) electrons. The normalized spacial score (nSPS) is 9.89. The Balaban J connectivity index is 0.00000162. The molecule has 0 fully saturated rings. The van der Waals surface area contributed by atoms with Crippen LogP contribution in [0.4, 0.5) is 5.13 Å². The lowest BCUT2D eigenvalue weighted by atomic mass is 10.1. The molecule has 0 amide bonds. The summed E-state index contributed by atoms with van der Waals surface area (Å²) in [6.45, 7) is 2.04. The van der Waals surface area contributed by atoms with Gasteiger partial charge in [0.15, 0.2) is 6.54 Å². The zero-order chi connectivity index (χ0) is 12.4. The fraction of sp³-hybridized carbons (Fsp3) is 0.182. The maximum Gasteiger partial charge on any atom is 0.354 e. The van der Waals surface area contributed by atoms with Crippen LogP contribution >= 0.6 is 27.3 Å². The van der Waals surface area contributed by atoms with E-state index in [4.69, 9.17) is 5.73 Å². The van der Waals surface area contributed by atoms with Crippen LogP contribution in [0, 0.1) is 6.92 Å². The largest absolute Gasteiger partial charge is 1.00 e. The van der Waals surface area contributed by atoms with Gasteiger partial charge < -0.3 is 17.0 Å². The quantitative estimate of drug-likeness (QED) is 0.536. The molecule has 0 saturated heterocycles. The first kappa shape index (κ1) is 15.3. The minimum atomic E-state index is -0.00620. The Morgan fingerprint density at radius 3 is 2.83 bits per heavy atom. The summed E-state index contributed by atoms with van der Waals surface area (Å²) in [5, 5.41) is 5.57. The molecule has 1 aromatic heterocycles. The molecule has 2 N–H and O–H groups in total. The molecule has 0 spiro atoms. The molecule has 96 valence electrons. The molecule has 0 bridgehead atoms. The molecule has 1 heterocycles. The summed E-state index contributed by atoms with van der Waals surface area (Å²) in [6, 6.07) is 7.28. The van der Waals surface area contributed by atoms with Crippen LogP contribution in [-0.2, 0) is 6.54 Å². The third-order valence-electron chi connectivity index (χ3n) is 2.21. The number of hydrogen-bond acceptors (Lipinski definition) is 4. The van der Waals surface area contributed by atoms with Gasteiger partial charge in [-0.1, -0.05) is 33.2 Å². The van der Waals surface area contributed by atoms with Gasteiger partial charge in [-0.3, -0.25) is 10.5 Å². The molecular formula is C11H11Br2N3OS. The van der Waals surface area contributed by atoms with Crippen molar-refractivity contribution in [3.63, 3.8) is 0 Å². The molecule has 7 heteroatoms. The highest BCUT2D eigenvalue weighted by Crippen LogP contribution is 2.13. The van der Waals surface area contributed by atoms with Crippen LogP contribution in [0.25, 0.3) is 0 Å². The van der Waals surface area contributed by atoms with Gasteiger partial charge >= 0.3 is 5.13 Å². The maximum atomic E-state index is 12.0. The number of rotatable bonds is 3. The number of aromatic nitrogens is 2. The number of carbonyl (C=O) groups excluding carboxylic acids is 1. The van der Waals surface area contributed by atoms with Crippen molar-refractivity contribution in [3.05, 3.63) is 39.3 Å². The summed E-state index contributed by atoms with van der Waals surface area (Å²) in [5.41, 5.74) is 6.41. The van der Waals surface area contributed by atoms with E-state index in [0.29, 0.717) is 10.7 Å². The van der Waals surface area contributed by atoms with Gasteiger partial charge in [-0.2, -0.15) is 0 Å². The van der Waals surface area contributed by atoms with Crippen LogP contribution in [0.2, 0.25) is 0 Å². The highest BCUT2D eigenvalue weighted by Gasteiger charge is 2.16. The molecule has 0 aliphatic carbocycles. The number of hydrogen-bond donors (Lipinski definition) is 1. The molecule has 0 aliphatic rings. The van der Waals surface area contributed by atoms with Gasteiger partial charge in [-0.05, 0) is 30.4 Å². The molecular weight excluding hydrogens is 382 g/mol. The molecule has 2 aromatic rings. The third kappa shape index (κ3) is 3.60. The second-order valence-electron chi connectivity index (χ2n) is 3.55. The van der Waals surface area contributed by atoms with Gasteiger partial charge in [0, 0.05) is 10.0 Å². The molecule has 18 heavy (non-hydrogen) atoms. The summed E-state index contributed by atoms with van der Waals surface area (Å²) >= 11 is 4.71. The van der Waals surface area contributed by atoms with Crippen molar-refractivity contribution in [3.8, 4) is 0 Å². The highest BCUT2D eigenvalue weighted by atomic mass is 79.9. The molecule has 0 saturated carbocycles. The number of nitrogens with two attached hydrogens (primary N) is 1. The van der Waals surface area contributed by atoms with Crippen molar-refractivity contribution in [2.24, 2.45) is 0 Å². The maximum absolute atomic E-state index is 12.0. The number of carbonyl (C=O) groups is 1. The first-order chi connectivity index (χ1) is 8.06. The van der Waals surface area contributed by atoms with Crippen LogP contribution < -0.4 is 27.4 Å². The van der Waals surface area contributed by atoms with E-state index in [-0.39, 0.29) is 29.3 Å². The van der Waals surface area contributed by atoms with E-state index in [0.717, 1.165) is 9.48 Å². The Morgan fingerprint density at radius 2 is 2.28 bits per heavy atom. The first-order valence-corrected chi connectivity index (χ1v) is 6.59. The molecule has 0 unspecified atom stereocenters. The molecule has 2 rings (SSSR count). The summed E-state index contributed by atoms with van der Waals surface area (Å²) in [7, 11) is 0. The predicted octanol–water partition coefficient (Wildman–Crippen LogP) is -1.03. The van der Waals surface area contributed by atoms with Gasteiger partial charge in [-0.25, -0.2) is 0 Å². The van der Waals surface area contributed by atoms with E-state index in [2.05, 4.69) is 21.0 Å². The van der Waals surface area contributed by atoms with Crippen molar-refractivity contribution in [2.75, 3.05) is 5.73 Å². The Kier molecular flexibility index (Phi) is 5.43. The zero-order valence-corrected chi connectivity index (χ0v) is 13.5. The van der Waals surface area contributed by atoms with Crippen LogP contribution in [0.1, 0.15) is 15.4 Å². The van der Waals surface area contributed by atoms with Crippen molar-refractivity contribution in [2.45, 2.75) is 13.5 Å². The Labute approximate surface area is 128 Å². The number of nitrogen functional groups attached to an aromatic ring is 1. The Bertz CT molecular complexity index is 571. The van der Waals surface area contributed by atoms with Gasteiger partial charge in [-0.15, -0.1) is 4.68 Å². The number of ketones is 1. The van der Waals surface area contributed by atoms with E-state index in [1.165, 1.54) is 16.0 Å². The lowest BCUT2D eigenvalue weighted by molar-refractivity contribution is -0.723. The second kappa shape index (κ2) is 6.40.